The smallest absolute Gasteiger partial charge is 0.323 e. The number of nitro benzene ring substituents is 1. The van der Waals surface area contributed by atoms with E-state index in [-0.39, 0.29) is 18.3 Å². The van der Waals surface area contributed by atoms with Crippen molar-refractivity contribution >= 4 is 11.7 Å². The van der Waals surface area contributed by atoms with E-state index < -0.39 is 17.1 Å². The molecule has 20 heavy (non-hydrogen) atoms. The van der Waals surface area contributed by atoms with Crippen molar-refractivity contribution in [1.82, 2.24) is 5.32 Å². The topological polar surface area (TPSA) is 102 Å². The number of piperidine rings is 1. The second kappa shape index (κ2) is 6.44. The maximum atomic E-state index is 11.8. The number of carbonyl (C=O) groups excluding carboxylic acids is 1. The summed E-state index contributed by atoms with van der Waals surface area (Å²) in [7, 11) is 0. The van der Waals surface area contributed by atoms with Crippen LogP contribution in [0.15, 0.2) is 24.3 Å². The van der Waals surface area contributed by atoms with Gasteiger partial charge in [-0.05, 0) is 30.5 Å². The standard InChI is InChI=1S/C13H16N2O5/c16-11-5-6-12(14-7-11)13(17)20-8-9-1-3-10(4-2-9)15(18)19/h1-4,11-12,14,16H,5-8H2. The Labute approximate surface area is 115 Å². The molecule has 1 aliphatic heterocycles. The van der Waals surface area contributed by atoms with Gasteiger partial charge in [-0.3, -0.25) is 14.9 Å². The number of nitrogens with zero attached hydrogens (tertiary/aromatic N) is 1. The number of aliphatic hydroxyl groups is 1. The number of esters is 1. The van der Waals surface area contributed by atoms with Crippen molar-refractivity contribution in [3.8, 4) is 0 Å². The van der Waals surface area contributed by atoms with Gasteiger partial charge in [-0.1, -0.05) is 0 Å². The summed E-state index contributed by atoms with van der Waals surface area (Å²) in [6.07, 6.45) is 0.707. The predicted molar refractivity (Wildman–Crippen MR) is 69.9 cm³/mol. The van der Waals surface area contributed by atoms with Crippen molar-refractivity contribution in [2.24, 2.45) is 0 Å². The molecule has 0 radical (unpaired) electrons. The highest BCUT2D eigenvalue weighted by Crippen LogP contribution is 2.14. The van der Waals surface area contributed by atoms with E-state index in [0.29, 0.717) is 24.9 Å². The second-order valence-corrected chi connectivity index (χ2v) is 4.72. The fourth-order valence-electron chi connectivity index (χ4n) is 2.01. The normalized spacial score (nSPS) is 22.2. The van der Waals surface area contributed by atoms with Crippen LogP contribution in [-0.2, 0) is 16.1 Å². The van der Waals surface area contributed by atoms with Crippen molar-refractivity contribution in [3.63, 3.8) is 0 Å². The minimum atomic E-state index is -0.479. The first-order valence-corrected chi connectivity index (χ1v) is 6.37. The summed E-state index contributed by atoms with van der Waals surface area (Å²) < 4.78 is 5.15. The van der Waals surface area contributed by atoms with Gasteiger partial charge in [-0.15, -0.1) is 0 Å². The van der Waals surface area contributed by atoms with Gasteiger partial charge in [0.1, 0.15) is 12.6 Å². The van der Waals surface area contributed by atoms with E-state index in [1.807, 2.05) is 0 Å². The summed E-state index contributed by atoms with van der Waals surface area (Å²) in [6, 6.07) is 5.47. The average Bonchev–Trinajstić information content (AvgIpc) is 2.46. The van der Waals surface area contributed by atoms with Crippen molar-refractivity contribution < 1.29 is 19.6 Å². The van der Waals surface area contributed by atoms with Gasteiger partial charge in [0.05, 0.1) is 11.0 Å². The zero-order valence-electron chi connectivity index (χ0n) is 10.8. The minimum absolute atomic E-state index is 0.00279. The highest BCUT2D eigenvalue weighted by Gasteiger charge is 2.25. The summed E-state index contributed by atoms with van der Waals surface area (Å²) in [5, 5.41) is 22.7. The van der Waals surface area contributed by atoms with Gasteiger partial charge in [0.2, 0.25) is 0 Å². The Balaban J connectivity index is 1.82. The van der Waals surface area contributed by atoms with Gasteiger partial charge >= 0.3 is 5.97 Å². The van der Waals surface area contributed by atoms with Crippen molar-refractivity contribution in [1.29, 1.82) is 0 Å². The molecular formula is C13H16N2O5. The van der Waals surface area contributed by atoms with Crippen LogP contribution in [0.4, 0.5) is 5.69 Å². The van der Waals surface area contributed by atoms with E-state index in [1.165, 1.54) is 12.1 Å². The molecule has 7 nitrogen and oxygen atoms in total. The third-order valence-corrected chi connectivity index (χ3v) is 3.20. The molecule has 2 N–H and O–H groups in total. The Hall–Kier alpha value is -1.99. The van der Waals surface area contributed by atoms with Gasteiger partial charge in [-0.25, -0.2) is 0 Å². The molecule has 2 unspecified atom stereocenters. The Morgan fingerprint density at radius 3 is 2.65 bits per heavy atom. The van der Waals surface area contributed by atoms with Gasteiger partial charge in [0.15, 0.2) is 0 Å². The number of non-ortho nitro benzene ring substituents is 1. The monoisotopic (exact) mass is 280 g/mol. The van der Waals surface area contributed by atoms with Gasteiger partial charge in [0, 0.05) is 18.7 Å². The molecule has 1 aliphatic rings. The van der Waals surface area contributed by atoms with Crippen LogP contribution in [0.25, 0.3) is 0 Å². The molecular weight excluding hydrogens is 264 g/mol. The predicted octanol–water partition coefficient (Wildman–Crippen LogP) is 0.751. The van der Waals surface area contributed by atoms with E-state index in [1.54, 1.807) is 12.1 Å². The van der Waals surface area contributed by atoms with E-state index >= 15 is 0 Å². The number of nitrogens with one attached hydrogen (secondary N) is 1. The van der Waals surface area contributed by atoms with Crippen LogP contribution in [0.1, 0.15) is 18.4 Å². The average molecular weight is 280 g/mol. The molecule has 0 aliphatic carbocycles. The van der Waals surface area contributed by atoms with E-state index in [9.17, 15) is 20.0 Å². The zero-order valence-corrected chi connectivity index (χ0v) is 10.8. The van der Waals surface area contributed by atoms with Gasteiger partial charge < -0.3 is 15.2 Å². The van der Waals surface area contributed by atoms with Crippen molar-refractivity contribution in [3.05, 3.63) is 39.9 Å². The maximum absolute atomic E-state index is 11.8. The van der Waals surface area contributed by atoms with Crippen LogP contribution in [0.3, 0.4) is 0 Å². The first-order valence-electron chi connectivity index (χ1n) is 6.37. The number of hydrogen-bond acceptors (Lipinski definition) is 6. The fraction of sp³-hybridized carbons (Fsp3) is 0.462. The van der Waals surface area contributed by atoms with E-state index in [2.05, 4.69) is 5.32 Å². The number of nitro groups is 1. The third kappa shape index (κ3) is 3.75. The van der Waals surface area contributed by atoms with E-state index in [4.69, 9.17) is 4.74 Å². The van der Waals surface area contributed by atoms with Crippen LogP contribution in [0.2, 0.25) is 0 Å². The number of rotatable bonds is 4. The van der Waals surface area contributed by atoms with Crippen molar-refractivity contribution in [2.75, 3.05) is 6.54 Å². The first-order chi connectivity index (χ1) is 9.56. The molecule has 1 heterocycles. The lowest BCUT2D eigenvalue weighted by molar-refractivity contribution is -0.384. The fourth-order valence-corrected chi connectivity index (χ4v) is 2.01. The zero-order chi connectivity index (χ0) is 14.5. The molecule has 0 spiro atoms. The summed E-state index contributed by atoms with van der Waals surface area (Å²) in [5.41, 5.74) is 0.697. The Kier molecular flexibility index (Phi) is 4.65. The molecule has 0 saturated carbocycles. The number of benzene rings is 1. The summed E-state index contributed by atoms with van der Waals surface area (Å²) in [5.74, 6) is -0.366. The lowest BCUT2D eigenvalue weighted by Crippen LogP contribution is -2.46. The molecule has 1 saturated heterocycles. The summed E-state index contributed by atoms with van der Waals surface area (Å²) in [4.78, 5) is 21.8. The second-order valence-electron chi connectivity index (χ2n) is 4.72. The summed E-state index contributed by atoms with van der Waals surface area (Å²) in [6.45, 7) is 0.467. The van der Waals surface area contributed by atoms with Crippen LogP contribution in [0.5, 0.6) is 0 Å². The molecule has 0 amide bonds. The third-order valence-electron chi connectivity index (χ3n) is 3.20. The molecule has 108 valence electrons. The van der Waals surface area contributed by atoms with Crippen molar-refractivity contribution in [2.45, 2.75) is 31.6 Å². The van der Waals surface area contributed by atoms with Crippen LogP contribution in [-0.4, -0.2) is 34.7 Å². The van der Waals surface area contributed by atoms with Crippen LogP contribution < -0.4 is 5.32 Å². The highest BCUT2D eigenvalue weighted by molar-refractivity contribution is 5.75. The minimum Gasteiger partial charge on any atom is -0.460 e. The summed E-state index contributed by atoms with van der Waals surface area (Å²) >= 11 is 0. The number of carbonyl (C=O) groups is 1. The Bertz CT molecular complexity index is 480. The lowest BCUT2D eigenvalue weighted by Gasteiger charge is -2.25. The maximum Gasteiger partial charge on any atom is 0.323 e. The van der Waals surface area contributed by atoms with E-state index in [0.717, 1.165) is 0 Å². The van der Waals surface area contributed by atoms with Crippen LogP contribution >= 0.6 is 0 Å². The number of β-amino-alcohol motifs (C(OH)–C–C–N with tert-alkyl or cyclic N) is 1. The first kappa shape index (κ1) is 14.4. The SMILES string of the molecule is O=C(OCc1ccc([N+](=O)[O-])cc1)C1CCC(O)CN1. The largest absolute Gasteiger partial charge is 0.460 e. The molecule has 2 rings (SSSR count). The quantitative estimate of drug-likeness (QED) is 0.479. The molecule has 7 heteroatoms. The molecule has 0 bridgehead atoms. The molecule has 2 atom stereocenters. The highest BCUT2D eigenvalue weighted by atomic mass is 16.6. The van der Waals surface area contributed by atoms with Gasteiger partial charge in [0.25, 0.3) is 5.69 Å². The Morgan fingerprint density at radius 2 is 2.10 bits per heavy atom. The number of ether oxygens (including phenoxy) is 1. The molecule has 1 aromatic carbocycles. The Morgan fingerprint density at radius 1 is 1.40 bits per heavy atom. The van der Waals surface area contributed by atoms with Crippen LogP contribution in [0, 0.1) is 10.1 Å². The number of hydrogen-bond donors (Lipinski definition) is 2. The molecule has 1 fully saturated rings. The molecule has 1 aromatic rings. The molecule has 0 aromatic heterocycles. The lowest BCUT2D eigenvalue weighted by atomic mass is 10.0. The number of aliphatic hydroxyl groups excluding tert-OH is 1. The van der Waals surface area contributed by atoms with Gasteiger partial charge in [-0.2, -0.15) is 0 Å².